The molecule has 5 rings (SSSR count). The summed E-state index contributed by atoms with van der Waals surface area (Å²) < 4.78 is 45.5. The molecule has 2 aliphatic heterocycles. The van der Waals surface area contributed by atoms with Crippen molar-refractivity contribution < 1.29 is 23.0 Å². The van der Waals surface area contributed by atoms with Crippen LogP contribution in [0.1, 0.15) is 76.6 Å². The van der Waals surface area contributed by atoms with Gasteiger partial charge < -0.3 is 23.7 Å². The van der Waals surface area contributed by atoms with Gasteiger partial charge in [0.1, 0.15) is 11.5 Å². The van der Waals surface area contributed by atoms with Crippen molar-refractivity contribution in [1.82, 2.24) is 9.47 Å². The summed E-state index contributed by atoms with van der Waals surface area (Å²) in [5.41, 5.74) is 3.62. The van der Waals surface area contributed by atoms with Crippen molar-refractivity contribution in [2.24, 2.45) is 5.41 Å². The summed E-state index contributed by atoms with van der Waals surface area (Å²) in [4.78, 5) is 2.72. The highest BCUT2D eigenvalue weighted by Crippen LogP contribution is 2.46. The third-order valence-corrected chi connectivity index (χ3v) is 8.83. The maximum absolute atomic E-state index is 13.2. The molecule has 1 aromatic heterocycles. The zero-order valence-electron chi connectivity index (χ0n) is 22.6. The third-order valence-electron chi connectivity index (χ3n) is 8.83. The Morgan fingerprint density at radius 3 is 2.24 bits per heavy atom. The van der Waals surface area contributed by atoms with Gasteiger partial charge in [-0.25, -0.2) is 0 Å². The topological polar surface area (TPSA) is 35.9 Å². The van der Waals surface area contributed by atoms with Gasteiger partial charge in [0.15, 0.2) is 0 Å². The SMILES string of the molecule is CCc1c(OC2CCC3(CC2)CCN(C2CCOCC2)CC3)cc(C)n1-c1ccc(OC(C)(F)F)cc1. The molecule has 204 valence electrons. The van der Waals surface area contributed by atoms with Gasteiger partial charge in [0.2, 0.25) is 0 Å². The Balaban J connectivity index is 1.19. The molecular formula is C30H42F2N2O3. The highest BCUT2D eigenvalue weighted by Gasteiger charge is 2.40. The van der Waals surface area contributed by atoms with Gasteiger partial charge in [-0.3, -0.25) is 0 Å². The summed E-state index contributed by atoms with van der Waals surface area (Å²) in [5.74, 6) is 1.11. The van der Waals surface area contributed by atoms with E-state index in [2.05, 4.69) is 29.4 Å². The quantitative estimate of drug-likeness (QED) is 0.400. The van der Waals surface area contributed by atoms with Crippen LogP contribution in [0.4, 0.5) is 8.78 Å². The lowest BCUT2D eigenvalue weighted by Crippen LogP contribution is -2.48. The zero-order valence-corrected chi connectivity index (χ0v) is 22.6. The smallest absolute Gasteiger partial charge is 0.394 e. The fourth-order valence-electron chi connectivity index (χ4n) is 6.74. The Bertz CT molecular complexity index is 1020. The van der Waals surface area contributed by atoms with E-state index in [-0.39, 0.29) is 11.9 Å². The molecule has 3 heterocycles. The van der Waals surface area contributed by atoms with Crippen molar-refractivity contribution in [1.29, 1.82) is 0 Å². The van der Waals surface area contributed by atoms with E-state index < -0.39 is 6.11 Å². The molecule has 0 radical (unpaired) electrons. The first kappa shape index (κ1) is 26.5. The fraction of sp³-hybridized carbons (Fsp3) is 0.667. The molecule has 2 aromatic rings. The van der Waals surface area contributed by atoms with Gasteiger partial charge in [0, 0.05) is 43.6 Å². The van der Waals surface area contributed by atoms with E-state index in [0.29, 0.717) is 5.41 Å². The number of ether oxygens (including phenoxy) is 3. The molecule has 0 N–H and O–H groups in total. The summed E-state index contributed by atoms with van der Waals surface area (Å²) in [6.45, 7) is 9.26. The highest BCUT2D eigenvalue weighted by atomic mass is 19.3. The van der Waals surface area contributed by atoms with Gasteiger partial charge >= 0.3 is 6.11 Å². The lowest BCUT2D eigenvalue weighted by atomic mass is 9.67. The monoisotopic (exact) mass is 516 g/mol. The second-order valence-electron chi connectivity index (χ2n) is 11.4. The Labute approximate surface area is 220 Å². The highest BCUT2D eigenvalue weighted by molar-refractivity contribution is 5.46. The molecule has 5 nitrogen and oxygen atoms in total. The maximum atomic E-state index is 13.2. The van der Waals surface area contributed by atoms with Crippen LogP contribution in [0.15, 0.2) is 30.3 Å². The van der Waals surface area contributed by atoms with Gasteiger partial charge in [0.05, 0.1) is 11.8 Å². The Morgan fingerprint density at radius 1 is 1.00 bits per heavy atom. The number of hydrogen-bond donors (Lipinski definition) is 0. The molecule has 0 amide bonds. The van der Waals surface area contributed by atoms with Crippen LogP contribution < -0.4 is 9.47 Å². The largest absolute Gasteiger partial charge is 0.489 e. The van der Waals surface area contributed by atoms with Crippen LogP contribution in [-0.2, 0) is 11.2 Å². The number of benzene rings is 1. The lowest BCUT2D eigenvalue weighted by Gasteiger charge is -2.48. The maximum Gasteiger partial charge on any atom is 0.394 e. The second kappa shape index (κ2) is 10.9. The molecule has 7 heteroatoms. The van der Waals surface area contributed by atoms with E-state index in [9.17, 15) is 8.78 Å². The van der Waals surface area contributed by atoms with E-state index in [0.717, 1.165) is 68.3 Å². The molecule has 3 fully saturated rings. The van der Waals surface area contributed by atoms with Crippen LogP contribution in [0.5, 0.6) is 11.5 Å². The number of aryl methyl sites for hydroxylation is 1. The number of halogens is 2. The van der Waals surface area contributed by atoms with Gasteiger partial charge in [-0.2, -0.15) is 8.78 Å². The summed E-state index contributed by atoms with van der Waals surface area (Å²) in [7, 11) is 0. The van der Waals surface area contributed by atoms with Crippen molar-refractivity contribution in [3.05, 3.63) is 41.7 Å². The second-order valence-corrected chi connectivity index (χ2v) is 11.4. The minimum atomic E-state index is -3.19. The predicted octanol–water partition coefficient (Wildman–Crippen LogP) is 6.92. The average Bonchev–Trinajstić information content (AvgIpc) is 3.20. The fourth-order valence-corrected chi connectivity index (χ4v) is 6.74. The van der Waals surface area contributed by atoms with Crippen LogP contribution in [0.25, 0.3) is 5.69 Å². The summed E-state index contributed by atoms with van der Waals surface area (Å²) in [6, 6.07) is 9.70. The number of likely N-dealkylation sites (tertiary alicyclic amines) is 1. The first-order valence-corrected chi connectivity index (χ1v) is 14.1. The molecule has 37 heavy (non-hydrogen) atoms. The standard InChI is InChI=1S/C30H42F2N2O3/c1-4-27-28(21-22(2)34(27)24-5-7-26(8-6-24)37-29(3,31)32)36-25-9-13-30(14-10-25)15-17-33(18-16-30)23-11-19-35-20-12-23/h5-8,21,23,25H,4,9-20H2,1-3H3. The van der Waals surface area contributed by atoms with Crippen molar-refractivity contribution in [2.45, 2.75) is 96.8 Å². The van der Waals surface area contributed by atoms with Gasteiger partial charge in [-0.15, -0.1) is 0 Å². The van der Waals surface area contributed by atoms with Crippen molar-refractivity contribution >= 4 is 0 Å². The average molecular weight is 517 g/mol. The van der Waals surface area contributed by atoms with E-state index in [1.807, 2.05) is 12.1 Å². The normalized spacial score (nSPS) is 21.9. The number of alkyl halides is 2. The molecular weight excluding hydrogens is 474 g/mol. The Morgan fingerprint density at radius 2 is 1.65 bits per heavy atom. The minimum absolute atomic E-state index is 0.158. The van der Waals surface area contributed by atoms with Crippen LogP contribution in [0, 0.1) is 12.3 Å². The van der Waals surface area contributed by atoms with Gasteiger partial charge in [-0.05, 0) is 107 Å². The zero-order chi connectivity index (χ0) is 26.0. The van der Waals surface area contributed by atoms with E-state index in [1.54, 1.807) is 12.1 Å². The van der Waals surface area contributed by atoms with Crippen molar-refractivity contribution in [2.75, 3.05) is 26.3 Å². The third kappa shape index (κ3) is 6.14. The van der Waals surface area contributed by atoms with E-state index >= 15 is 0 Å². The van der Waals surface area contributed by atoms with Crippen LogP contribution in [0.2, 0.25) is 0 Å². The molecule has 0 atom stereocenters. The molecule has 0 bridgehead atoms. The molecule has 1 aromatic carbocycles. The Kier molecular flexibility index (Phi) is 7.83. The molecule has 0 unspecified atom stereocenters. The van der Waals surface area contributed by atoms with Gasteiger partial charge in [-0.1, -0.05) is 6.92 Å². The van der Waals surface area contributed by atoms with Crippen molar-refractivity contribution in [3.8, 4) is 17.2 Å². The molecule has 1 aliphatic carbocycles. The number of rotatable bonds is 7. The van der Waals surface area contributed by atoms with Crippen LogP contribution >= 0.6 is 0 Å². The minimum Gasteiger partial charge on any atom is -0.489 e. The first-order valence-electron chi connectivity index (χ1n) is 14.1. The molecule has 1 spiro atoms. The van der Waals surface area contributed by atoms with E-state index in [4.69, 9.17) is 14.2 Å². The number of hydrogen-bond acceptors (Lipinski definition) is 4. The number of aromatic nitrogens is 1. The summed E-state index contributed by atoms with van der Waals surface area (Å²) in [6.07, 6.45) is 7.63. The first-order chi connectivity index (χ1) is 17.8. The van der Waals surface area contributed by atoms with Crippen molar-refractivity contribution in [3.63, 3.8) is 0 Å². The van der Waals surface area contributed by atoms with Gasteiger partial charge in [0.25, 0.3) is 0 Å². The van der Waals surface area contributed by atoms with E-state index in [1.165, 1.54) is 51.6 Å². The summed E-state index contributed by atoms with van der Waals surface area (Å²) >= 11 is 0. The Hall–Kier alpha value is -2.12. The number of nitrogens with zero attached hydrogens (tertiary/aromatic N) is 2. The number of piperidine rings is 1. The molecule has 3 aliphatic rings. The van der Waals surface area contributed by atoms with Crippen LogP contribution in [-0.4, -0.2) is 54.0 Å². The summed E-state index contributed by atoms with van der Waals surface area (Å²) in [5, 5.41) is 0. The molecule has 1 saturated carbocycles. The van der Waals surface area contributed by atoms with Crippen LogP contribution in [0.3, 0.4) is 0 Å². The lowest BCUT2D eigenvalue weighted by molar-refractivity contribution is -0.158. The molecule has 2 saturated heterocycles. The predicted molar refractivity (Wildman–Crippen MR) is 141 cm³/mol.